The van der Waals surface area contributed by atoms with Gasteiger partial charge in [-0.05, 0) is 55.7 Å². The normalized spacial score (nSPS) is 10.4. The highest BCUT2D eigenvalue weighted by atomic mass is 16.1. The molecule has 1 aromatic heterocycles. The average Bonchev–Trinajstić information content (AvgIpc) is 2.70. The van der Waals surface area contributed by atoms with Gasteiger partial charge in [0.25, 0.3) is 5.91 Å². The van der Waals surface area contributed by atoms with E-state index in [0.29, 0.717) is 17.1 Å². The number of aromatic nitrogens is 2. The van der Waals surface area contributed by atoms with E-state index in [1.54, 1.807) is 24.3 Å². The van der Waals surface area contributed by atoms with Gasteiger partial charge in [-0.2, -0.15) is 0 Å². The zero-order valence-corrected chi connectivity index (χ0v) is 16.1. The van der Waals surface area contributed by atoms with Gasteiger partial charge in [0.2, 0.25) is 5.95 Å². The molecule has 2 N–H and O–H groups in total. The van der Waals surface area contributed by atoms with Crippen molar-refractivity contribution in [3.05, 3.63) is 77.1 Å². The van der Waals surface area contributed by atoms with Crippen molar-refractivity contribution in [1.29, 1.82) is 0 Å². The quantitative estimate of drug-likeness (QED) is 0.619. The highest BCUT2D eigenvalue weighted by Gasteiger charge is 2.12. The first-order chi connectivity index (χ1) is 13.5. The lowest BCUT2D eigenvalue weighted by Crippen LogP contribution is -2.15. The van der Waals surface area contributed by atoms with Gasteiger partial charge >= 0.3 is 0 Å². The van der Waals surface area contributed by atoms with E-state index < -0.39 is 0 Å². The molecule has 6 nitrogen and oxygen atoms in total. The summed E-state index contributed by atoms with van der Waals surface area (Å²) in [7, 11) is 0. The Morgan fingerprint density at radius 3 is 2.25 bits per heavy atom. The maximum Gasteiger partial charge on any atom is 0.258 e. The van der Waals surface area contributed by atoms with E-state index in [9.17, 15) is 9.59 Å². The fraction of sp³-hybridized carbons (Fsp3) is 0.182. The molecule has 3 aromatic rings. The minimum atomic E-state index is -0.249. The summed E-state index contributed by atoms with van der Waals surface area (Å²) in [5, 5.41) is 6.01. The standard InChI is InChI=1S/C22H22N4O2/c1-4-16-7-5-6-14(2)20(16)26-21(28)18-12-23-22(24-13-18)25-19-10-8-17(9-11-19)15(3)27/h5-13H,4H2,1-3H3,(H,26,28)(H,23,24,25). The zero-order valence-electron chi connectivity index (χ0n) is 16.1. The lowest BCUT2D eigenvalue weighted by atomic mass is 10.1. The van der Waals surface area contributed by atoms with Crippen molar-refractivity contribution in [2.75, 3.05) is 10.6 Å². The van der Waals surface area contributed by atoms with Crippen LogP contribution in [0.15, 0.2) is 54.9 Å². The molecule has 28 heavy (non-hydrogen) atoms. The van der Waals surface area contributed by atoms with Gasteiger partial charge < -0.3 is 10.6 Å². The van der Waals surface area contributed by atoms with E-state index in [0.717, 1.165) is 28.9 Å². The van der Waals surface area contributed by atoms with Crippen molar-refractivity contribution in [2.45, 2.75) is 27.2 Å². The largest absolute Gasteiger partial charge is 0.324 e. The molecule has 0 aliphatic heterocycles. The van der Waals surface area contributed by atoms with Gasteiger partial charge in [-0.15, -0.1) is 0 Å². The van der Waals surface area contributed by atoms with Gasteiger partial charge in [0.05, 0.1) is 5.56 Å². The molecule has 6 heteroatoms. The summed E-state index contributed by atoms with van der Waals surface area (Å²) in [5.41, 5.74) is 4.71. The number of anilines is 3. The van der Waals surface area contributed by atoms with Crippen molar-refractivity contribution < 1.29 is 9.59 Å². The highest BCUT2D eigenvalue weighted by Crippen LogP contribution is 2.22. The van der Waals surface area contributed by atoms with Crippen molar-refractivity contribution >= 4 is 29.0 Å². The third kappa shape index (κ3) is 4.40. The van der Waals surface area contributed by atoms with E-state index in [1.807, 2.05) is 25.1 Å². The third-order valence-electron chi connectivity index (χ3n) is 4.44. The molecule has 142 valence electrons. The molecular formula is C22H22N4O2. The first-order valence-electron chi connectivity index (χ1n) is 9.08. The summed E-state index contributed by atoms with van der Waals surface area (Å²) >= 11 is 0. The number of benzene rings is 2. The molecular weight excluding hydrogens is 352 g/mol. The van der Waals surface area contributed by atoms with Gasteiger partial charge in [-0.1, -0.05) is 25.1 Å². The number of aryl methyl sites for hydroxylation is 2. The minimum absolute atomic E-state index is 0.0121. The number of para-hydroxylation sites is 1. The smallest absolute Gasteiger partial charge is 0.258 e. The van der Waals surface area contributed by atoms with E-state index in [2.05, 4.69) is 27.5 Å². The molecule has 0 aliphatic rings. The van der Waals surface area contributed by atoms with E-state index >= 15 is 0 Å². The maximum absolute atomic E-state index is 12.6. The SMILES string of the molecule is CCc1cccc(C)c1NC(=O)c1cnc(Nc2ccc(C(C)=O)cc2)nc1. The van der Waals surface area contributed by atoms with E-state index in [1.165, 1.54) is 19.3 Å². The number of rotatable bonds is 6. The number of nitrogens with zero attached hydrogens (tertiary/aromatic N) is 2. The third-order valence-corrected chi connectivity index (χ3v) is 4.44. The fourth-order valence-electron chi connectivity index (χ4n) is 2.81. The Bertz CT molecular complexity index is 996. The van der Waals surface area contributed by atoms with Crippen LogP contribution in [0.25, 0.3) is 0 Å². The Morgan fingerprint density at radius 2 is 1.64 bits per heavy atom. The van der Waals surface area contributed by atoms with Crippen LogP contribution in [0, 0.1) is 6.92 Å². The van der Waals surface area contributed by atoms with Crippen LogP contribution >= 0.6 is 0 Å². The van der Waals surface area contributed by atoms with E-state index in [4.69, 9.17) is 0 Å². The molecule has 3 rings (SSSR count). The summed E-state index contributed by atoms with van der Waals surface area (Å²) in [4.78, 5) is 32.3. The second-order valence-electron chi connectivity index (χ2n) is 6.47. The molecule has 0 bridgehead atoms. The number of carbonyl (C=O) groups excluding carboxylic acids is 2. The number of ketones is 1. The number of Topliss-reactive ketones (excluding diaryl/α,β-unsaturated/α-hetero) is 1. The van der Waals surface area contributed by atoms with Crippen LogP contribution in [0.2, 0.25) is 0 Å². The molecule has 1 heterocycles. The number of nitrogens with one attached hydrogen (secondary N) is 2. The first kappa shape index (κ1) is 19.2. The molecule has 0 unspecified atom stereocenters. The Labute approximate surface area is 164 Å². The summed E-state index contributed by atoms with van der Waals surface area (Å²) < 4.78 is 0. The lowest BCUT2D eigenvalue weighted by molar-refractivity contribution is 0.101. The van der Waals surface area contributed by atoms with Gasteiger partial charge in [0.1, 0.15) is 0 Å². The molecule has 0 spiro atoms. The Morgan fingerprint density at radius 1 is 0.964 bits per heavy atom. The zero-order chi connectivity index (χ0) is 20.1. The monoisotopic (exact) mass is 374 g/mol. The van der Waals surface area contributed by atoms with Crippen molar-refractivity contribution in [3.63, 3.8) is 0 Å². The van der Waals surface area contributed by atoms with Crippen LogP contribution in [0.4, 0.5) is 17.3 Å². The summed E-state index contributed by atoms with van der Waals surface area (Å²) in [6.07, 6.45) is 3.80. The number of amides is 1. The molecule has 0 radical (unpaired) electrons. The molecule has 0 aliphatic carbocycles. The van der Waals surface area contributed by atoms with Crippen molar-refractivity contribution in [3.8, 4) is 0 Å². The fourth-order valence-corrected chi connectivity index (χ4v) is 2.81. The van der Waals surface area contributed by atoms with E-state index in [-0.39, 0.29) is 11.7 Å². The molecule has 2 aromatic carbocycles. The van der Waals surface area contributed by atoms with Gasteiger partial charge in [0.15, 0.2) is 5.78 Å². The second kappa shape index (κ2) is 8.43. The van der Waals surface area contributed by atoms with Crippen LogP contribution in [0.5, 0.6) is 0 Å². The van der Waals surface area contributed by atoms with Gasteiger partial charge in [-0.3, -0.25) is 9.59 Å². The molecule has 1 amide bonds. The minimum Gasteiger partial charge on any atom is -0.324 e. The van der Waals surface area contributed by atoms with Crippen molar-refractivity contribution in [1.82, 2.24) is 9.97 Å². The molecule has 0 saturated heterocycles. The Kier molecular flexibility index (Phi) is 5.79. The summed E-state index contributed by atoms with van der Waals surface area (Å²) in [5.74, 6) is 0.136. The molecule has 0 atom stereocenters. The van der Waals surface area contributed by atoms with Crippen molar-refractivity contribution in [2.24, 2.45) is 0 Å². The predicted molar refractivity (Wildman–Crippen MR) is 110 cm³/mol. The van der Waals surface area contributed by atoms with Crippen LogP contribution in [0.1, 0.15) is 45.7 Å². The summed E-state index contributed by atoms with van der Waals surface area (Å²) in [6.45, 7) is 5.54. The number of carbonyl (C=O) groups is 2. The van der Waals surface area contributed by atoms with Crippen LogP contribution in [0.3, 0.4) is 0 Å². The topological polar surface area (TPSA) is 84.0 Å². The predicted octanol–water partition coefficient (Wildman–Crippen LogP) is 4.55. The molecule has 0 saturated carbocycles. The van der Waals surface area contributed by atoms with Gasteiger partial charge in [0, 0.05) is 29.3 Å². The lowest BCUT2D eigenvalue weighted by Gasteiger charge is -2.13. The van der Waals surface area contributed by atoms with Gasteiger partial charge in [-0.25, -0.2) is 9.97 Å². The van der Waals surface area contributed by atoms with Crippen LogP contribution < -0.4 is 10.6 Å². The Hall–Kier alpha value is -3.54. The second-order valence-corrected chi connectivity index (χ2v) is 6.47. The average molecular weight is 374 g/mol. The highest BCUT2D eigenvalue weighted by molar-refractivity contribution is 6.04. The summed E-state index contributed by atoms with van der Waals surface area (Å²) in [6, 6.07) is 13.0. The Balaban J connectivity index is 1.70. The molecule has 0 fully saturated rings. The number of hydrogen-bond acceptors (Lipinski definition) is 5. The van der Waals surface area contributed by atoms with Crippen LogP contribution in [-0.4, -0.2) is 21.7 Å². The first-order valence-corrected chi connectivity index (χ1v) is 9.08. The number of hydrogen-bond donors (Lipinski definition) is 2. The van der Waals surface area contributed by atoms with Crippen LogP contribution in [-0.2, 0) is 6.42 Å². The maximum atomic E-state index is 12.6.